The molecule has 2 aromatic carbocycles. The van der Waals surface area contributed by atoms with Crippen molar-refractivity contribution < 1.29 is 9.53 Å². The fourth-order valence-electron chi connectivity index (χ4n) is 1.99. The summed E-state index contributed by atoms with van der Waals surface area (Å²) in [6, 6.07) is 15.2. The smallest absolute Gasteiger partial charge is 0.127 e. The van der Waals surface area contributed by atoms with Crippen molar-refractivity contribution in [3.8, 4) is 5.75 Å². The number of rotatable bonds is 5. The van der Waals surface area contributed by atoms with Crippen LogP contribution in [-0.2, 0) is 11.2 Å². The Bertz CT molecular complexity index is 549. The average molecular weight is 275 g/mol. The Morgan fingerprint density at radius 1 is 1.21 bits per heavy atom. The first-order valence-electron chi connectivity index (χ1n) is 6.06. The summed E-state index contributed by atoms with van der Waals surface area (Å²) in [6.07, 6.45) is 1.64. The van der Waals surface area contributed by atoms with Crippen molar-refractivity contribution in [3.05, 3.63) is 64.7 Å². The maximum Gasteiger partial charge on any atom is 0.127 e. The van der Waals surface area contributed by atoms with Gasteiger partial charge >= 0.3 is 0 Å². The molecule has 19 heavy (non-hydrogen) atoms. The van der Waals surface area contributed by atoms with Crippen molar-refractivity contribution in [1.82, 2.24) is 0 Å². The van der Waals surface area contributed by atoms with E-state index in [0.717, 1.165) is 23.2 Å². The second-order valence-electron chi connectivity index (χ2n) is 4.35. The first kappa shape index (κ1) is 13.6. The van der Waals surface area contributed by atoms with Crippen LogP contribution in [0.2, 0.25) is 5.02 Å². The lowest BCUT2D eigenvalue weighted by Crippen LogP contribution is -2.04. The molecule has 2 rings (SSSR count). The molecular weight excluding hydrogens is 260 g/mol. The van der Waals surface area contributed by atoms with Crippen LogP contribution in [0, 0.1) is 0 Å². The first-order chi connectivity index (χ1) is 9.22. The Labute approximate surface area is 118 Å². The molecule has 2 aromatic rings. The highest BCUT2D eigenvalue weighted by molar-refractivity contribution is 6.30. The lowest BCUT2D eigenvalue weighted by atomic mass is 9.93. The van der Waals surface area contributed by atoms with Gasteiger partial charge in [-0.15, -0.1) is 0 Å². The average Bonchev–Trinajstić information content (AvgIpc) is 2.46. The summed E-state index contributed by atoms with van der Waals surface area (Å²) in [6.45, 7) is 0. The zero-order chi connectivity index (χ0) is 13.7. The minimum atomic E-state index is -0.170. The van der Waals surface area contributed by atoms with Crippen molar-refractivity contribution in [2.75, 3.05) is 7.11 Å². The molecule has 0 amide bonds. The zero-order valence-electron chi connectivity index (χ0n) is 10.7. The highest BCUT2D eigenvalue weighted by Crippen LogP contribution is 2.23. The molecule has 1 atom stereocenters. The van der Waals surface area contributed by atoms with E-state index in [1.54, 1.807) is 7.11 Å². The summed E-state index contributed by atoms with van der Waals surface area (Å²) in [5, 5.41) is 0.702. The molecule has 98 valence electrons. The van der Waals surface area contributed by atoms with E-state index in [0.29, 0.717) is 11.4 Å². The van der Waals surface area contributed by atoms with Crippen LogP contribution in [0.3, 0.4) is 0 Å². The Balaban J connectivity index is 2.19. The normalized spacial score (nSPS) is 11.9. The number of halogens is 1. The summed E-state index contributed by atoms with van der Waals surface area (Å²) in [7, 11) is 1.62. The molecule has 0 heterocycles. The maximum atomic E-state index is 11.3. The third-order valence-corrected chi connectivity index (χ3v) is 3.31. The summed E-state index contributed by atoms with van der Waals surface area (Å²) in [5.41, 5.74) is 2.05. The molecule has 0 aliphatic heterocycles. The molecule has 0 N–H and O–H groups in total. The van der Waals surface area contributed by atoms with Gasteiger partial charge in [-0.25, -0.2) is 0 Å². The molecule has 0 aliphatic carbocycles. The van der Waals surface area contributed by atoms with E-state index in [1.165, 1.54) is 0 Å². The lowest BCUT2D eigenvalue weighted by molar-refractivity contribution is -0.109. The van der Waals surface area contributed by atoms with Crippen LogP contribution < -0.4 is 4.74 Å². The van der Waals surface area contributed by atoms with Gasteiger partial charge in [0.2, 0.25) is 0 Å². The van der Waals surface area contributed by atoms with Crippen LogP contribution in [0.4, 0.5) is 0 Å². The molecule has 0 radical (unpaired) electrons. The first-order valence-corrected chi connectivity index (χ1v) is 6.44. The minimum absolute atomic E-state index is 0.170. The fraction of sp³-hybridized carbons (Fsp3) is 0.188. The third kappa shape index (κ3) is 3.58. The topological polar surface area (TPSA) is 26.3 Å². The van der Waals surface area contributed by atoms with Gasteiger partial charge < -0.3 is 9.53 Å². The molecular formula is C16H15ClO2. The standard InChI is InChI=1S/C16H15ClO2/c1-19-16-4-2-3-13(10-16)14(11-18)9-12-5-7-15(17)8-6-12/h2-8,10-11,14H,9H2,1H3. The van der Waals surface area contributed by atoms with E-state index >= 15 is 0 Å². The van der Waals surface area contributed by atoms with Crippen molar-refractivity contribution >= 4 is 17.9 Å². The number of hydrogen-bond acceptors (Lipinski definition) is 2. The highest BCUT2D eigenvalue weighted by Gasteiger charge is 2.12. The van der Waals surface area contributed by atoms with Gasteiger partial charge in [-0.3, -0.25) is 0 Å². The Hall–Kier alpha value is -1.80. The molecule has 0 aliphatic rings. The van der Waals surface area contributed by atoms with E-state index in [-0.39, 0.29) is 5.92 Å². The van der Waals surface area contributed by atoms with Gasteiger partial charge in [-0.2, -0.15) is 0 Å². The number of carbonyl (C=O) groups is 1. The number of aldehydes is 1. The SMILES string of the molecule is COc1cccc(C(C=O)Cc2ccc(Cl)cc2)c1. The van der Waals surface area contributed by atoms with Crippen LogP contribution in [0.15, 0.2) is 48.5 Å². The van der Waals surface area contributed by atoms with E-state index in [1.807, 2.05) is 48.5 Å². The number of hydrogen-bond donors (Lipinski definition) is 0. The van der Waals surface area contributed by atoms with Crippen LogP contribution in [0.5, 0.6) is 5.75 Å². The molecule has 1 unspecified atom stereocenters. The van der Waals surface area contributed by atoms with Gasteiger partial charge in [0.1, 0.15) is 12.0 Å². The summed E-state index contributed by atoms with van der Waals surface area (Å²) in [5.74, 6) is 0.594. The molecule has 3 heteroatoms. The summed E-state index contributed by atoms with van der Waals surface area (Å²) < 4.78 is 5.18. The summed E-state index contributed by atoms with van der Waals surface area (Å²) in [4.78, 5) is 11.3. The Morgan fingerprint density at radius 3 is 2.58 bits per heavy atom. The molecule has 0 saturated carbocycles. The van der Waals surface area contributed by atoms with Gasteiger partial charge in [-0.1, -0.05) is 35.9 Å². The van der Waals surface area contributed by atoms with Crippen molar-refractivity contribution in [2.45, 2.75) is 12.3 Å². The number of carbonyl (C=O) groups excluding carboxylic acids is 1. The second kappa shape index (κ2) is 6.39. The zero-order valence-corrected chi connectivity index (χ0v) is 11.4. The van der Waals surface area contributed by atoms with Crippen LogP contribution >= 0.6 is 11.6 Å². The van der Waals surface area contributed by atoms with Gasteiger partial charge in [0.25, 0.3) is 0 Å². The summed E-state index contributed by atoms with van der Waals surface area (Å²) >= 11 is 5.85. The maximum absolute atomic E-state index is 11.3. The Morgan fingerprint density at radius 2 is 1.95 bits per heavy atom. The van der Waals surface area contributed by atoms with Crippen molar-refractivity contribution in [1.29, 1.82) is 0 Å². The molecule has 0 bridgehead atoms. The number of methoxy groups -OCH3 is 1. The lowest BCUT2D eigenvalue weighted by Gasteiger charge is -2.12. The quantitative estimate of drug-likeness (QED) is 0.774. The predicted molar refractivity (Wildman–Crippen MR) is 77.0 cm³/mol. The van der Waals surface area contributed by atoms with Gasteiger partial charge in [0.15, 0.2) is 0 Å². The van der Waals surface area contributed by atoms with Gasteiger partial charge in [-0.05, 0) is 41.8 Å². The van der Waals surface area contributed by atoms with Crippen molar-refractivity contribution in [3.63, 3.8) is 0 Å². The van der Waals surface area contributed by atoms with Gasteiger partial charge in [0, 0.05) is 10.9 Å². The largest absolute Gasteiger partial charge is 0.497 e. The van der Waals surface area contributed by atoms with Crippen LogP contribution in [0.1, 0.15) is 17.0 Å². The molecule has 0 fully saturated rings. The fourth-order valence-corrected chi connectivity index (χ4v) is 2.12. The molecule has 0 spiro atoms. The van der Waals surface area contributed by atoms with E-state index in [4.69, 9.17) is 16.3 Å². The number of ether oxygens (including phenoxy) is 1. The van der Waals surface area contributed by atoms with Crippen LogP contribution in [0.25, 0.3) is 0 Å². The van der Waals surface area contributed by atoms with E-state index in [2.05, 4.69) is 0 Å². The molecule has 0 aromatic heterocycles. The van der Waals surface area contributed by atoms with Crippen LogP contribution in [-0.4, -0.2) is 13.4 Å². The minimum Gasteiger partial charge on any atom is -0.497 e. The highest BCUT2D eigenvalue weighted by atomic mass is 35.5. The van der Waals surface area contributed by atoms with E-state index in [9.17, 15) is 4.79 Å². The predicted octanol–water partition coefficient (Wildman–Crippen LogP) is 3.87. The second-order valence-corrected chi connectivity index (χ2v) is 4.79. The van der Waals surface area contributed by atoms with E-state index < -0.39 is 0 Å². The van der Waals surface area contributed by atoms with Gasteiger partial charge in [0.05, 0.1) is 7.11 Å². The number of benzene rings is 2. The molecule has 0 saturated heterocycles. The molecule has 2 nitrogen and oxygen atoms in total. The monoisotopic (exact) mass is 274 g/mol. The Kier molecular flexibility index (Phi) is 4.58. The van der Waals surface area contributed by atoms with Crippen molar-refractivity contribution in [2.24, 2.45) is 0 Å². The third-order valence-electron chi connectivity index (χ3n) is 3.06.